The molecular weight excluding hydrogens is 424 g/mol. The van der Waals surface area contributed by atoms with Crippen LogP contribution in [-0.2, 0) is 17.7 Å². The quantitative estimate of drug-likeness (QED) is 0.356. The number of nitriles is 2. The summed E-state index contributed by atoms with van der Waals surface area (Å²) in [6.07, 6.45) is 3.23. The summed E-state index contributed by atoms with van der Waals surface area (Å²) in [6.45, 7) is 6.46. The Morgan fingerprint density at radius 1 is 1.19 bits per heavy atom. The second kappa shape index (κ2) is 10.1. The van der Waals surface area contributed by atoms with Gasteiger partial charge in [-0.15, -0.1) is 0 Å². The number of carbonyl (C=O) groups excluding carboxylic acids is 1. The summed E-state index contributed by atoms with van der Waals surface area (Å²) in [5.41, 5.74) is 5.80. The average molecular weight is 447 g/mol. The minimum Gasteiger partial charge on any atom is -0.462 e. The van der Waals surface area contributed by atoms with E-state index in [2.05, 4.69) is 28.6 Å². The zero-order valence-electron chi connectivity index (χ0n) is 18.3. The van der Waals surface area contributed by atoms with E-state index in [1.807, 2.05) is 19.1 Å². The van der Waals surface area contributed by atoms with Crippen molar-refractivity contribution in [1.82, 2.24) is 9.55 Å². The number of nitrogens with zero attached hydrogens (tertiary/aromatic N) is 4. The first kappa shape index (κ1) is 23.1. The Kier molecular flexibility index (Phi) is 7.30. The Hall–Kier alpha value is -3.61. The first-order valence-electron chi connectivity index (χ1n) is 10.4. The van der Waals surface area contributed by atoms with Gasteiger partial charge in [0, 0.05) is 29.7 Å². The number of benzene rings is 1. The maximum absolute atomic E-state index is 12.2. The summed E-state index contributed by atoms with van der Waals surface area (Å²) in [5.74, 6) is -0.513. The van der Waals surface area contributed by atoms with Gasteiger partial charge in [-0.1, -0.05) is 37.1 Å². The van der Waals surface area contributed by atoms with Gasteiger partial charge in [0.15, 0.2) is 0 Å². The van der Waals surface area contributed by atoms with Gasteiger partial charge in [-0.3, -0.25) is 0 Å². The third-order valence-electron chi connectivity index (χ3n) is 5.26. The molecule has 0 atom stereocenters. The molecule has 0 saturated heterocycles. The first-order chi connectivity index (χ1) is 15.4. The van der Waals surface area contributed by atoms with E-state index >= 15 is 0 Å². The van der Waals surface area contributed by atoms with Crippen LogP contribution in [0.1, 0.15) is 58.7 Å². The van der Waals surface area contributed by atoms with E-state index in [9.17, 15) is 10.1 Å². The minimum absolute atomic E-state index is 0.0983. The molecule has 0 radical (unpaired) electrons. The topological polar surface area (TPSA) is 91.7 Å². The van der Waals surface area contributed by atoms with Gasteiger partial charge in [-0.25, -0.2) is 9.78 Å². The van der Waals surface area contributed by atoms with Gasteiger partial charge in [-0.05, 0) is 49.6 Å². The van der Waals surface area contributed by atoms with Crippen LogP contribution >= 0.6 is 11.6 Å². The lowest BCUT2D eigenvalue weighted by Crippen LogP contribution is -2.10. The summed E-state index contributed by atoms with van der Waals surface area (Å²) >= 11 is 6.11. The van der Waals surface area contributed by atoms with E-state index in [4.69, 9.17) is 21.6 Å². The molecule has 0 unspecified atom stereocenters. The van der Waals surface area contributed by atoms with E-state index in [-0.39, 0.29) is 17.3 Å². The van der Waals surface area contributed by atoms with Gasteiger partial charge >= 0.3 is 5.97 Å². The molecular formula is C25H23ClN4O2. The van der Waals surface area contributed by atoms with Crippen molar-refractivity contribution in [3.63, 3.8) is 0 Å². The summed E-state index contributed by atoms with van der Waals surface area (Å²) in [7, 11) is 0. The van der Waals surface area contributed by atoms with Crippen molar-refractivity contribution in [2.24, 2.45) is 0 Å². The number of hydrogen-bond donors (Lipinski definition) is 0. The molecule has 0 fully saturated rings. The van der Waals surface area contributed by atoms with Gasteiger partial charge in [0.05, 0.1) is 29.4 Å². The van der Waals surface area contributed by atoms with Crippen LogP contribution in [0.4, 0.5) is 0 Å². The number of rotatable bonds is 7. The highest BCUT2D eigenvalue weighted by Gasteiger charge is 2.22. The lowest BCUT2D eigenvalue weighted by atomic mass is 9.99. The molecule has 0 spiro atoms. The number of ether oxygens (including phenoxy) is 1. The lowest BCUT2D eigenvalue weighted by molar-refractivity contribution is 0.0526. The Bertz CT molecular complexity index is 1230. The zero-order valence-corrected chi connectivity index (χ0v) is 19.0. The van der Waals surface area contributed by atoms with Crippen LogP contribution in [0.3, 0.4) is 0 Å². The second-order valence-electron chi connectivity index (χ2n) is 7.32. The molecule has 0 aliphatic carbocycles. The summed E-state index contributed by atoms with van der Waals surface area (Å²) in [6, 6.07) is 13.4. The SMILES string of the molecule is CCCc1c(C#N)c(-c2ccc(C#N)cc2)c(C)n1Cc1cnc(Cl)c(C(=O)OCC)c1. The highest BCUT2D eigenvalue weighted by molar-refractivity contribution is 6.32. The van der Waals surface area contributed by atoms with Crippen LogP contribution < -0.4 is 0 Å². The molecule has 0 N–H and O–H groups in total. The van der Waals surface area contributed by atoms with Crippen LogP contribution in [0, 0.1) is 29.6 Å². The second-order valence-corrected chi connectivity index (χ2v) is 7.68. The number of carbonyl (C=O) groups is 1. The molecule has 2 aromatic heterocycles. The fraction of sp³-hybridized carbons (Fsp3) is 0.280. The number of aromatic nitrogens is 2. The van der Waals surface area contributed by atoms with Crippen molar-refractivity contribution in [3.8, 4) is 23.3 Å². The largest absolute Gasteiger partial charge is 0.462 e. The van der Waals surface area contributed by atoms with Gasteiger partial charge < -0.3 is 9.30 Å². The third-order valence-corrected chi connectivity index (χ3v) is 5.57. The Labute approximate surface area is 192 Å². The van der Waals surface area contributed by atoms with Crippen molar-refractivity contribution in [1.29, 1.82) is 10.5 Å². The van der Waals surface area contributed by atoms with E-state index in [1.54, 1.807) is 31.3 Å². The van der Waals surface area contributed by atoms with Gasteiger partial charge in [0.2, 0.25) is 0 Å². The molecule has 1 aromatic carbocycles. The monoisotopic (exact) mass is 446 g/mol. The molecule has 2 heterocycles. The van der Waals surface area contributed by atoms with E-state index in [1.165, 1.54) is 0 Å². The standard InChI is InChI=1S/C25H23ClN4O2/c1-4-6-22-21(13-28)23(19-9-7-17(12-27)8-10-19)16(3)30(22)15-18-11-20(24(26)29-14-18)25(31)32-5-2/h7-11,14H,4-6,15H2,1-3H3. The number of pyridine rings is 1. The maximum Gasteiger partial charge on any atom is 0.341 e. The van der Waals surface area contributed by atoms with Crippen LogP contribution in [0.15, 0.2) is 36.5 Å². The number of hydrogen-bond acceptors (Lipinski definition) is 5. The molecule has 0 amide bonds. The fourth-order valence-electron chi connectivity index (χ4n) is 3.81. The Morgan fingerprint density at radius 2 is 1.91 bits per heavy atom. The van der Waals surface area contributed by atoms with Crippen LogP contribution in [-0.4, -0.2) is 22.1 Å². The molecule has 32 heavy (non-hydrogen) atoms. The number of esters is 1. The third kappa shape index (κ3) is 4.51. The summed E-state index contributed by atoms with van der Waals surface area (Å²) in [5, 5.41) is 19.2. The molecule has 7 heteroatoms. The van der Waals surface area contributed by atoms with Gasteiger partial charge in [0.1, 0.15) is 11.2 Å². The molecule has 162 valence electrons. The predicted octanol–water partition coefficient (Wildman–Crippen LogP) is 5.43. The van der Waals surface area contributed by atoms with Crippen molar-refractivity contribution >= 4 is 17.6 Å². The Morgan fingerprint density at radius 3 is 2.50 bits per heavy atom. The highest BCUT2D eigenvalue weighted by atomic mass is 35.5. The van der Waals surface area contributed by atoms with E-state index in [0.29, 0.717) is 17.7 Å². The Balaban J connectivity index is 2.12. The molecule has 0 bridgehead atoms. The average Bonchev–Trinajstić information content (AvgIpc) is 3.06. The van der Waals surface area contributed by atoms with E-state index < -0.39 is 5.97 Å². The highest BCUT2D eigenvalue weighted by Crippen LogP contribution is 2.34. The molecule has 0 saturated carbocycles. The smallest absolute Gasteiger partial charge is 0.341 e. The fourth-order valence-corrected chi connectivity index (χ4v) is 3.99. The predicted molar refractivity (Wildman–Crippen MR) is 122 cm³/mol. The van der Waals surface area contributed by atoms with Crippen LogP contribution in [0.25, 0.3) is 11.1 Å². The van der Waals surface area contributed by atoms with Crippen molar-refractivity contribution in [2.45, 2.75) is 40.2 Å². The lowest BCUT2D eigenvalue weighted by Gasteiger charge is -2.13. The van der Waals surface area contributed by atoms with Crippen LogP contribution in [0.5, 0.6) is 0 Å². The normalized spacial score (nSPS) is 10.4. The summed E-state index contributed by atoms with van der Waals surface area (Å²) in [4.78, 5) is 16.4. The van der Waals surface area contributed by atoms with Crippen LogP contribution in [0.2, 0.25) is 5.15 Å². The zero-order chi connectivity index (χ0) is 23.3. The van der Waals surface area contributed by atoms with Gasteiger partial charge in [0.25, 0.3) is 0 Å². The van der Waals surface area contributed by atoms with E-state index in [0.717, 1.165) is 40.9 Å². The summed E-state index contributed by atoms with van der Waals surface area (Å²) < 4.78 is 7.17. The number of halogens is 1. The first-order valence-corrected chi connectivity index (χ1v) is 10.8. The molecule has 0 aliphatic rings. The van der Waals surface area contributed by atoms with Gasteiger partial charge in [-0.2, -0.15) is 10.5 Å². The minimum atomic E-state index is -0.513. The molecule has 6 nitrogen and oxygen atoms in total. The molecule has 0 aliphatic heterocycles. The van der Waals surface area contributed by atoms with Crippen molar-refractivity contribution in [2.75, 3.05) is 6.61 Å². The molecule has 3 rings (SSSR count). The van der Waals surface area contributed by atoms with Crippen molar-refractivity contribution < 1.29 is 9.53 Å². The molecule has 3 aromatic rings. The maximum atomic E-state index is 12.2. The van der Waals surface area contributed by atoms with Crippen molar-refractivity contribution in [3.05, 3.63) is 75.3 Å².